The van der Waals surface area contributed by atoms with Gasteiger partial charge in [0.05, 0.1) is 6.04 Å². The average molecular weight is 157 g/mol. The second-order valence-electron chi connectivity index (χ2n) is 2.86. The van der Waals surface area contributed by atoms with Gasteiger partial charge in [-0.2, -0.15) is 4.39 Å². The first-order valence-electron chi connectivity index (χ1n) is 3.58. The number of ether oxygens (including phenoxy) is 1. The lowest BCUT2D eigenvalue weighted by Gasteiger charge is -2.28. The number of hydrogen-bond acceptors (Lipinski definition) is 2. The van der Waals surface area contributed by atoms with Gasteiger partial charge in [0.1, 0.15) is 0 Å². The van der Waals surface area contributed by atoms with E-state index in [1.807, 2.05) is 0 Å². The van der Waals surface area contributed by atoms with E-state index in [0.717, 1.165) is 0 Å². The number of alkyl halides is 1. The van der Waals surface area contributed by atoms with E-state index in [-0.39, 0.29) is 12.5 Å². The molecule has 0 N–H and O–H groups in total. The van der Waals surface area contributed by atoms with E-state index < -0.39 is 5.85 Å². The van der Waals surface area contributed by atoms with Gasteiger partial charge in [-0.3, -0.25) is 0 Å². The molecule has 0 aromatic heterocycles. The lowest BCUT2D eigenvalue weighted by Crippen LogP contribution is -2.34. The molecule has 0 spiro atoms. The Balaban J connectivity index is 2.76. The Morgan fingerprint density at radius 3 is 3.00 bits per heavy atom. The highest BCUT2D eigenvalue weighted by Crippen LogP contribution is 2.25. The molecular weight excluding hydrogens is 145 g/mol. The number of nitrogens with zero attached hydrogens (tertiary/aromatic N) is 1. The topological polar surface area (TPSA) is 21.6 Å². The summed E-state index contributed by atoms with van der Waals surface area (Å²) in [6, 6.07) is -0.140. The van der Waals surface area contributed by atoms with Crippen LogP contribution in [-0.2, 0) is 4.74 Å². The normalized spacial score (nSPS) is 37.4. The molecule has 0 aromatic rings. The fourth-order valence-electron chi connectivity index (χ4n) is 1.16. The molecule has 0 aromatic carbocycles. The largest absolute Gasteiger partial charge is 0.446 e. The van der Waals surface area contributed by atoms with Crippen LogP contribution >= 0.6 is 0 Å². The molecule has 0 saturated carbocycles. The third-order valence-corrected chi connectivity index (χ3v) is 1.55. The summed E-state index contributed by atoms with van der Waals surface area (Å²) in [4.78, 5) is 4.03. The summed E-state index contributed by atoms with van der Waals surface area (Å²) < 4.78 is 18.0. The van der Waals surface area contributed by atoms with Gasteiger partial charge in [0, 0.05) is 20.3 Å². The molecule has 0 saturated heterocycles. The molecule has 62 valence electrons. The minimum atomic E-state index is -1.58. The summed E-state index contributed by atoms with van der Waals surface area (Å²) in [6.45, 7) is 6.61. The molecule has 3 heteroatoms. The summed E-state index contributed by atoms with van der Waals surface area (Å²) in [5, 5.41) is 0. The molecule has 0 fully saturated rings. The minimum absolute atomic E-state index is 0.140. The Morgan fingerprint density at radius 2 is 2.55 bits per heavy atom. The van der Waals surface area contributed by atoms with Crippen LogP contribution in [0.5, 0.6) is 0 Å². The van der Waals surface area contributed by atoms with Crippen LogP contribution in [0.15, 0.2) is 17.6 Å². The van der Waals surface area contributed by atoms with E-state index >= 15 is 0 Å². The Kier molecular flexibility index (Phi) is 1.98. The van der Waals surface area contributed by atoms with Gasteiger partial charge in [-0.1, -0.05) is 6.08 Å². The van der Waals surface area contributed by atoms with Gasteiger partial charge in [-0.25, -0.2) is 4.99 Å². The van der Waals surface area contributed by atoms with Crippen molar-refractivity contribution in [2.75, 3.05) is 0 Å². The van der Waals surface area contributed by atoms with Crippen LogP contribution in [-0.4, -0.2) is 17.8 Å². The van der Waals surface area contributed by atoms with Crippen LogP contribution in [0.2, 0.25) is 0 Å². The van der Waals surface area contributed by atoms with Gasteiger partial charge in [0.15, 0.2) is 5.90 Å². The van der Waals surface area contributed by atoms with Gasteiger partial charge in [-0.15, -0.1) is 6.58 Å². The average Bonchev–Trinajstić information content (AvgIpc) is 1.83. The summed E-state index contributed by atoms with van der Waals surface area (Å²) >= 11 is 0. The highest BCUT2D eigenvalue weighted by Gasteiger charge is 2.32. The van der Waals surface area contributed by atoms with Crippen molar-refractivity contribution < 1.29 is 9.13 Å². The third-order valence-electron chi connectivity index (χ3n) is 1.55. The van der Waals surface area contributed by atoms with E-state index in [1.54, 1.807) is 13.0 Å². The summed E-state index contributed by atoms with van der Waals surface area (Å²) in [5.41, 5.74) is 0. The zero-order valence-corrected chi connectivity index (χ0v) is 6.80. The summed E-state index contributed by atoms with van der Waals surface area (Å²) in [6.07, 6.45) is 1.89. The van der Waals surface area contributed by atoms with Crippen LogP contribution in [0, 0.1) is 0 Å². The van der Waals surface area contributed by atoms with E-state index in [2.05, 4.69) is 11.6 Å². The molecule has 0 aliphatic carbocycles. The maximum atomic E-state index is 13.2. The third kappa shape index (κ3) is 2.03. The minimum Gasteiger partial charge on any atom is -0.446 e. The Morgan fingerprint density at radius 1 is 1.91 bits per heavy atom. The zero-order chi connectivity index (χ0) is 8.48. The second kappa shape index (κ2) is 2.64. The van der Waals surface area contributed by atoms with Crippen molar-refractivity contribution in [2.24, 2.45) is 4.99 Å². The van der Waals surface area contributed by atoms with Crippen molar-refractivity contribution in [2.45, 2.75) is 32.2 Å². The van der Waals surface area contributed by atoms with Gasteiger partial charge >= 0.3 is 0 Å². The van der Waals surface area contributed by atoms with Crippen LogP contribution in [0.4, 0.5) is 4.39 Å². The molecule has 1 aliphatic rings. The van der Waals surface area contributed by atoms with Crippen LogP contribution in [0.25, 0.3) is 0 Å². The predicted molar refractivity (Wildman–Crippen MR) is 42.3 cm³/mol. The second-order valence-corrected chi connectivity index (χ2v) is 2.86. The maximum absolute atomic E-state index is 13.2. The van der Waals surface area contributed by atoms with Crippen molar-refractivity contribution in [3.8, 4) is 0 Å². The SMILES string of the molecule is C=C[C@@H]1C[C@](C)(F)OC(C)=N1. The molecule has 2 atom stereocenters. The van der Waals surface area contributed by atoms with Crippen molar-refractivity contribution >= 4 is 5.90 Å². The van der Waals surface area contributed by atoms with Gasteiger partial charge in [0.25, 0.3) is 0 Å². The Hall–Kier alpha value is -0.860. The molecular formula is C8H12FNO. The number of hydrogen-bond donors (Lipinski definition) is 0. The summed E-state index contributed by atoms with van der Waals surface area (Å²) in [5.74, 6) is -1.18. The highest BCUT2D eigenvalue weighted by atomic mass is 19.2. The quantitative estimate of drug-likeness (QED) is 0.534. The molecule has 2 nitrogen and oxygen atoms in total. The van der Waals surface area contributed by atoms with Gasteiger partial charge < -0.3 is 4.74 Å². The molecule has 0 amide bonds. The molecule has 1 aliphatic heterocycles. The van der Waals surface area contributed by atoms with E-state index in [4.69, 9.17) is 4.74 Å². The van der Waals surface area contributed by atoms with E-state index in [0.29, 0.717) is 5.90 Å². The molecule has 1 rings (SSSR count). The van der Waals surface area contributed by atoms with E-state index in [9.17, 15) is 4.39 Å². The predicted octanol–water partition coefficient (Wildman–Crippen LogP) is 2.07. The molecule has 11 heavy (non-hydrogen) atoms. The molecule has 0 unspecified atom stereocenters. The van der Waals surface area contributed by atoms with Crippen molar-refractivity contribution in [3.05, 3.63) is 12.7 Å². The number of aliphatic imine (C=N–C) groups is 1. The molecule has 1 heterocycles. The van der Waals surface area contributed by atoms with Crippen molar-refractivity contribution in [1.82, 2.24) is 0 Å². The fourth-order valence-corrected chi connectivity index (χ4v) is 1.16. The first-order chi connectivity index (χ1) is 5.03. The van der Waals surface area contributed by atoms with Crippen LogP contribution in [0.3, 0.4) is 0 Å². The van der Waals surface area contributed by atoms with Gasteiger partial charge in [-0.05, 0) is 0 Å². The standard InChI is InChI=1S/C8H12FNO/c1-4-7-5-8(3,9)11-6(2)10-7/h4,7H,1,5H2,2-3H3/t7-,8-/m1/s1. The lowest BCUT2D eigenvalue weighted by atomic mass is 10.1. The first kappa shape index (κ1) is 8.24. The monoisotopic (exact) mass is 157 g/mol. The molecule has 0 bridgehead atoms. The smallest absolute Gasteiger partial charge is 0.249 e. The zero-order valence-electron chi connectivity index (χ0n) is 6.80. The first-order valence-corrected chi connectivity index (χ1v) is 3.58. The van der Waals surface area contributed by atoms with E-state index in [1.165, 1.54) is 6.92 Å². The number of halogens is 1. The Labute approximate surface area is 65.8 Å². The number of rotatable bonds is 1. The van der Waals surface area contributed by atoms with Crippen molar-refractivity contribution in [1.29, 1.82) is 0 Å². The summed E-state index contributed by atoms with van der Waals surface area (Å²) in [7, 11) is 0. The Bertz CT molecular complexity index is 198. The highest BCUT2D eigenvalue weighted by molar-refractivity contribution is 5.74. The van der Waals surface area contributed by atoms with Gasteiger partial charge in [0.2, 0.25) is 5.85 Å². The fraction of sp³-hybridized carbons (Fsp3) is 0.625. The lowest BCUT2D eigenvalue weighted by molar-refractivity contribution is -0.0742. The molecule has 0 radical (unpaired) electrons. The van der Waals surface area contributed by atoms with Crippen LogP contribution in [0.1, 0.15) is 20.3 Å². The van der Waals surface area contributed by atoms with Crippen LogP contribution < -0.4 is 0 Å². The maximum Gasteiger partial charge on any atom is 0.249 e. The van der Waals surface area contributed by atoms with Crippen molar-refractivity contribution in [3.63, 3.8) is 0 Å².